The Morgan fingerprint density at radius 3 is 2.36 bits per heavy atom. The van der Waals surface area contributed by atoms with Crippen LogP contribution >= 0.6 is 15.9 Å². The Balaban J connectivity index is 1.62. The van der Waals surface area contributed by atoms with Crippen molar-refractivity contribution in [2.45, 2.75) is 17.7 Å². The van der Waals surface area contributed by atoms with Crippen LogP contribution in [-0.4, -0.2) is 31.7 Å². The molecule has 0 radical (unpaired) electrons. The van der Waals surface area contributed by atoms with Gasteiger partial charge in [-0.25, -0.2) is 8.42 Å². The van der Waals surface area contributed by atoms with Gasteiger partial charge in [-0.15, -0.1) is 0 Å². The molecule has 0 unspecified atom stereocenters. The summed E-state index contributed by atoms with van der Waals surface area (Å²) in [7, 11) is -3.52. The van der Waals surface area contributed by atoms with Crippen molar-refractivity contribution in [3.8, 4) is 0 Å². The number of piperidine rings is 1. The molecule has 1 N–H and O–H groups in total. The van der Waals surface area contributed by atoms with E-state index in [2.05, 4.69) is 21.2 Å². The quantitative estimate of drug-likeness (QED) is 0.819. The lowest BCUT2D eigenvalue weighted by atomic mass is 9.97. The van der Waals surface area contributed by atoms with Crippen LogP contribution in [0.15, 0.2) is 64.0 Å². The van der Waals surface area contributed by atoms with Gasteiger partial charge in [-0.2, -0.15) is 4.31 Å². The van der Waals surface area contributed by atoms with Crippen LogP contribution < -0.4 is 5.32 Å². The van der Waals surface area contributed by atoms with E-state index in [0.717, 1.165) is 10.2 Å². The number of para-hydroxylation sites is 1. The first kappa shape index (κ1) is 18.1. The van der Waals surface area contributed by atoms with Crippen LogP contribution in [0.25, 0.3) is 0 Å². The van der Waals surface area contributed by atoms with Crippen LogP contribution in [0.5, 0.6) is 0 Å². The second-order valence-electron chi connectivity index (χ2n) is 5.99. The first-order valence-corrected chi connectivity index (χ1v) is 10.3. The third-order valence-electron chi connectivity index (χ3n) is 4.30. The summed E-state index contributed by atoms with van der Waals surface area (Å²) in [5.41, 5.74) is 0.761. The summed E-state index contributed by atoms with van der Waals surface area (Å²) >= 11 is 3.30. The molecular weight excluding hydrogens is 404 g/mol. The maximum absolute atomic E-state index is 12.7. The number of carbonyl (C=O) groups is 1. The highest BCUT2D eigenvalue weighted by Crippen LogP contribution is 2.26. The van der Waals surface area contributed by atoms with E-state index in [-0.39, 0.29) is 16.7 Å². The van der Waals surface area contributed by atoms with Gasteiger partial charge in [-0.1, -0.05) is 40.2 Å². The molecule has 1 heterocycles. The number of carbonyl (C=O) groups excluding carboxylic acids is 1. The highest BCUT2D eigenvalue weighted by molar-refractivity contribution is 9.10. The molecule has 0 aliphatic carbocycles. The van der Waals surface area contributed by atoms with Gasteiger partial charge in [0.1, 0.15) is 0 Å². The van der Waals surface area contributed by atoms with Gasteiger partial charge in [-0.3, -0.25) is 4.79 Å². The number of hydrogen-bond donors (Lipinski definition) is 1. The van der Waals surface area contributed by atoms with Gasteiger partial charge in [-0.05, 0) is 43.2 Å². The van der Waals surface area contributed by atoms with E-state index in [1.165, 1.54) is 4.31 Å². The van der Waals surface area contributed by atoms with Gasteiger partial charge in [0.25, 0.3) is 0 Å². The fraction of sp³-hybridized carbons (Fsp3) is 0.278. The van der Waals surface area contributed by atoms with Gasteiger partial charge in [0, 0.05) is 29.2 Å². The molecule has 5 nitrogen and oxygen atoms in total. The summed E-state index contributed by atoms with van der Waals surface area (Å²) in [4.78, 5) is 12.6. The SMILES string of the molecule is O=C(Nc1ccccc1)C1CCN(S(=O)(=O)c2cccc(Br)c2)CC1. The molecule has 25 heavy (non-hydrogen) atoms. The van der Waals surface area contributed by atoms with Gasteiger partial charge < -0.3 is 5.32 Å². The summed E-state index contributed by atoms with van der Waals surface area (Å²) in [5, 5.41) is 2.89. The molecule has 1 saturated heterocycles. The van der Waals surface area contributed by atoms with Crippen LogP contribution in [0.2, 0.25) is 0 Å². The van der Waals surface area contributed by atoms with Crippen molar-refractivity contribution >= 4 is 37.5 Å². The molecule has 1 fully saturated rings. The lowest BCUT2D eigenvalue weighted by Crippen LogP contribution is -2.41. The average molecular weight is 423 g/mol. The van der Waals surface area contributed by atoms with E-state index in [1.54, 1.807) is 24.3 Å². The number of sulfonamides is 1. The fourth-order valence-electron chi connectivity index (χ4n) is 2.90. The molecule has 0 bridgehead atoms. The Labute approximate surface area is 156 Å². The number of benzene rings is 2. The standard InChI is InChI=1S/C18H19BrN2O3S/c19-15-5-4-8-17(13-15)25(23,24)21-11-9-14(10-12-21)18(22)20-16-6-2-1-3-7-16/h1-8,13-14H,9-12H2,(H,20,22). The predicted octanol–water partition coefficient (Wildman–Crippen LogP) is 3.49. The molecule has 2 aromatic carbocycles. The van der Waals surface area contributed by atoms with E-state index in [1.807, 2.05) is 30.3 Å². The molecule has 0 aromatic heterocycles. The van der Waals surface area contributed by atoms with Crippen molar-refractivity contribution in [3.63, 3.8) is 0 Å². The molecule has 7 heteroatoms. The lowest BCUT2D eigenvalue weighted by Gasteiger charge is -2.30. The molecular formula is C18H19BrN2O3S. The fourth-order valence-corrected chi connectivity index (χ4v) is 4.97. The second-order valence-corrected chi connectivity index (χ2v) is 8.84. The Bertz CT molecular complexity index is 848. The van der Waals surface area contributed by atoms with Crippen molar-refractivity contribution in [3.05, 3.63) is 59.1 Å². The highest BCUT2D eigenvalue weighted by Gasteiger charge is 2.32. The van der Waals surface area contributed by atoms with E-state index in [9.17, 15) is 13.2 Å². The minimum Gasteiger partial charge on any atom is -0.326 e. The van der Waals surface area contributed by atoms with Gasteiger partial charge in [0.2, 0.25) is 15.9 Å². The lowest BCUT2D eigenvalue weighted by molar-refractivity contribution is -0.120. The number of amides is 1. The Hall–Kier alpha value is -1.70. The molecule has 1 amide bonds. The Morgan fingerprint density at radius 1 is 1.04 bits per heavy atom. The number of nitrogens with one attached hydrogen (secondary N) is 1. The normalized spacial score (nSPS) is 16.5. The van der Waals surface area contributed by atoms with E-state index in [0.29, 0.717) is 25.9 Å². The van der Waals surface area contributed by atoms with E-state index >= 15 is 0 Å². The highest BCUT2D eigenvalue weighted by atomic mass is 79.9. The topological polar surface area (TPSA) is 66.5 Å². The molecule has 2 aromatic rings. The van der Waals surface area contributed by atoms with Crippen LogP contribution in [0.3, 0.4) is 0 Å². The van der Waals surface area contributed by atoms with E-state index < -0.39 is 10.0 Å². The molecule has 1 aliphatic heterocycles. The summed E-state index contributed by atoms with van der Waals surface area (Å²) in [5.74, 6) is -0.222. The van der Waals surface area contributed by atoms with Gasteiger partial charge >= 0.3 is 0 Å². The minimum absolute atomic E-state index is 0.0503. The van der Waals surface area contributed by atoms with Crippen LogP contribution in [0, 0.1) is 5.92 Å². The van der Waals surface area contributed by atoms with Crippen molar-refractivity contribution in [2.75, 3.05) is 18.4 Å². The summed E-state index contributed by atoms with van der Waals surface area (Å²) in [6, 6.07) is 16.0. The molecule has 0 atom stereocenters. The zero-order valence-electron chi connectivity index (χ0n) is 13.6. The largest absolute Gasteiger partial charge is 0.326 e. The average Bonchev–Trinajstić information content (AvgIpc) is 2.62. The molecule has 3 rings (SSSR count). The van der Waals surface area contributed by atoms with Gasteiger partial charge in [0.15, 0.2) is 0 Å². The maximum atomic E-state index is 12.7. The van der Waals surface area contributed by atoms with Crippen LogP contribution in [-0.2, 0) is 14.8 Å². The monoisotopic (exact) mass is 422 g/mol. The van der Waals surface area contributed by atoms with Gasteiger partial charge in [0.05, 0.1) is 4.90 Å². The number of anilines is 1. The summed E-state index contributed by atoms with van der Waals surface area (Å²) in [6.07, 6.45) is 1.04. The van der Waals surface area contributed by atoms with Crippen molar-refractivity contribution in [1.82, 2.24) is 4.31 Å². The molecule has 0 saturated carbocycles. The number of halogens is 1. The second kappa shape index (κ2) is 7.68. The first-order chi connectivity index (χ1) is 12.0. The first-order valence-electron chi connectivity index (χ1n) is 8.08. The molecule has 0 spiro atoms. The number of rotatable bonds is 4. The molecule has 132 valence electrons. The predicted molar refractivity (Wildman–Crippen MR) is 101 cm³/mol. The number of nitrogens with zero attached hydrogens (tertiary/aromatic N) is 1. The Kier molecular flexibility index (Phi) is 5.56. The van der Waals surface area contributed by atoms with Crippen molar-refractivity contribution < 1.29 is 13.2 Å². The third kappa shape index (κ3) is 4.29. The third-order valence-corrected chi connectivity index (χ3v) is 6.69. The number of hydrogen-bond acceptors (Lipinski definition) is 3. The van der Waals surface area contributed by atoms with Crippen LogP contribution in [0.4, 0.5) is 5.69 Å². The van der Waals surface area contributed by atoms with Crippen molar-refractivity contribution in [2.24, 2.45) is 5.92 Å². The van der Waals surface area contributed by atoms with E-state index in [4.69, 9.17) is 0 Å². The minimum atomic E-state index is -3.52. The summed E-state index contributed by atoms with van der Waals surface area (Å²) in [6.45, 7) is 0.698. The zero-order chi connectivity index (χ0) is 17.9. The molecule has 1 aliphatic rings. The van der Waals surface area contributed by atoms with Crippen LogP contribution in [0.1, 0.15) is 12.8 Å². The summed E-state index contributed by atoms with van der Waals surface area (Å²) < 4.78 is 27.6. The van der Waals surface area contributed by atoms with Crippen molar-refractivity contribution in [1.29, 1.82) is 0 Å². The Morgan fingerprint density at radius 2 is 1.72 bits per heavy atom. The smallest absolute Gasteiger partial charge is 0.243 e. The zero-order valence-corrected chi connectivity index (χ0v) is 16.0. The maximum Gasteiger partial charge on any atom is 0.243 e.